The van der Waals surface area contributed by atoms with Crippen LogP contribution in [0.2, 0.25) is 0 Å². The molecule has 0 saturated heterocycles. The summed E-state index contributed by atoms with van der Waals surface area (Å²) in [5.41, 5.74) is 5.11. The van der Waals surface area contributed by atoms with Crippen LogP contribution in [0.25, 0.3) is 0 Å². The number of alkyl halides is 3. The number of aromatic nitrogens is 1. The molecule has 2 unspecified atom stereocenters. The summed E-state index contributed by atoms with van der Waals surface area (Å²) < 4.78 is 37.5. The molecule has 0 aromatic carbocycles. The average Bonchev–Trinajstić information content (AvgIpc) is 2.72. The van der Waals surface area contributed by atoms with Gasteiger partial charge in [0, 0.05) is 18.8 Å². The van der Waals surface area contributed by atoms with Gasteiger partial charge in [0.2, 0.25) is 0 Å². The maximum Gasteiger partial charge on any atom is 0.416 e. The van der Waals surface area contributed by atoms with Crippen molar-refractivity contribution in [2.24, 2.45) is 11.7 Å². The molecule has 1 fully saturated rings. The molecule has 6 heteroatoms. The first kappa shape index (κ1) is 13.1. The second kappa shape index (κ2) is 5.14. The standard InChI is InChI=1S/C12H16F3N3/c13-12(14,15)9-3-4-17-11(6-9)18-7-8-1-2-10(16)5-8/h3-4,6,8,10H,1-2,5,7,16H2,(H,17,18). The third-order valence-corrected chi connectivity index (χ3v) is 3.24. The first-order chi connectivity index (χ1) is 8.45. The minimum Gasteiger partial charge on any atom is -0.370 e. The summed E-state index contributed by atoms with van der Waals surface area (Å²) in [5.74, 6) is 0.696. The van der Waals surface area contributed by atoms with E-state index in [0.29, 0.717) is 12.5 Å². The predicted octanol–water partition coefficient (Wildman–Crippen LogP) is 2.64. The predicted molar refractivity (Wildman–Crippen MR) is 63.0 cm³/mol. The third kappa shape index (κ3) is 3.35. The van der Waals surface area contributed by atoms with Crippen LogP contribution in [0.15, 0.2) is 18.3 Å². The lowest BCUT2D eigenvalue weighted by atomic mass is 10.1. The molecule has 1 aromatic heterocycles. The van der Waals surface area contributed by atoms with Crippen LogP contribution in [0.4, 0.5) is 19.0 Å². The lowest BCUT2D eigenvalue weighted by molar-refractivity contribution is -0.137. The van der Waals surface area contributed by atoms with Crippen molar-refractivity contribution in [2.75, 3.05) is 11.9 Å². The van der Waals surface area contributed by atoms with Crippen molar-refractivity contribution in [1.29, 1.82) is 0 Å². The number of nitrogens with one attached hydrogen (secondary N) is 1. The van der Waals surface area contributed by atoms with E-state index in [-0.39, 0.29) is 11.9 Å². The second-order valence-corrected chi connectivity index (χ2v) is 4.75. The van der Waals surface area contributed by atoms with E-state index >= 15 is 0 Å². The third-order valence-electron chi connectivity index (χ3n) is 3.24. The molecule has 0 spiro atoms. The fraction of sp³-hybridized carbons (Fsp3) is 0.583. The Morgan fingerprint density at radius 3 is 2.78 bits per heavy atom. The maximum absolute atomic E-state index is 12.5. The number of nitrogens with zero attached hydrogens (tertiary/aromatic N) is 1. The molecule has 3 nitrogen and oxygen atoms in total. The quantitative estimate of drug-likeness (QED) is 0.877. The molecular weight excluding hydrogens is 243 g/mol. The van der Waals surface area contributed by atoms with E-state index in [0.717, 1.165) is 31.4 Å². The molecule has 100 valence electrons. The minimum atomic E-state index is -4.32. The zero-order valence-electron chi connectivity index (χ0n) is 9.87. The summed E-state index contributed by atoms with van der Waals surface area (Å²) >= 11 is 0. The van der Waals surface area contributed by atoms with Gasteiger partial charge in [-0.05, 0) is 37.3 Å². The summed E-state index contributed by atoms with van der Waals surface area (Å²) in [6.07, 6.45) is -0.220. The Hall–Kier alpha value is -1.30. The Morgan fingerprint density at radius 1 is 1.39 bits per heavy atom. The summed E-state index contributed by atoms with van der Waals surface area (Å²) in [7, 11) is 0. The molecule has 2 atom stereocenters. The van der Waals surface area contributed by atoms with Gasteiger partial charge in [-0.1, -0.05) is 0 Å². The number of halogens is 3. The maximum atomic E-state index is 12.5. The number of nitrogens with two attached hydrogens (primary N) is 1. The minimum absolute atomic E-state index is 0.228. The molecule has 1 aromatic rings. The van der Waals surface area contributed by atoms with Crippen LogP contribution in [-0.4, -0.2) is 17.6 Å². The van der Waals surface area contributed by atoms with Crippen LogP contribution in [0.1, 0.15) is 24.8 Å². The highest BCUT2D eigenvalue weighted by Gasteiger charge is 2.30. The number of hydrogen-bond donors (Lipinski definition) is 2. The van der Waals surface area contributed by atoms with Crippen molar-refractivity contribution in [3.8, 4) is 0 Å². The molecular formula is C12H16F3N3. The van der Waals surface area contributed by atoms with E-state index in [2.05, 4.69) is 10.3 Å². The van der Waals surface area contributed by atoms with Crippen molar-refractivity contribution in [3.63, 3.8) is 0 Å². The Kier molecular flexibility index (Phi) is 3.75. The van der Waals surface area contributed by atoms with Gasteiger partial charge >= 0.3 is 6.18 Å². The summed E-state index contributed by atoms with van der Waals surface area (Å²) in [6, 6.07) is 2.23. The molecule has 1 aliphatic rings. The molecule has 0 aliphatic heterocycles. The summed E-state index contributed by atoms with van der Waals surface area (Å²) in [5, 5.41) is 2.95. The zero-order chi connectivity index (χ0) is 13.2. The van der Waals surface area contributed by atoms with Gasteiger partial charge in [-0.2, -0.15) is 13.2 Å². The average molecular weight is 259 g/mol. The molecule has 1 heterocycles. The highest BCUT2D eigenvalue weighted by molar-refractivity contribution is 5.38. The van der Waals surface area contributed by atoms with Crippen LogP contribution < -0.4 is 11.1 Å². The lowest BCUT2D eigenvalue weighted by Crippen LogP contribution is -2.18. The second-order valence-electron chi connectivity index (χ2n) is 4.75. The SMILES string of the molecule is NC1CCC(CNc2cc(C(F)(F)F)ccn2)C1. The van der Waals surface area contributed by atoms with Crippen molar-refractivity contribution in [1.82, 2.24) is 4.98 Å². The first-order valence-electron chi connectivity index (χ1n) is 5.98. The van der Waals surface area contributed by atoms with Gasteiger partial charge in [0.25, 0.3) is 0 Å². The fourth-order valence-corrected chi connectivity index (χ4v) is 2.25. The van der Waals surface area contributed by atoms with Crippen LogP contribution in [0, 0.1) is 5.92 Å². The molecule has 1 saturated carbocycles. The topological polar surface area (TPSA) is 50.9 Å². The summed E-state index contributed by atoms with van der Waals surface area (Å²) in [6.45, 7) is 0.627. The fourth-order valence-electron chi connectivity index (χ4n) is 2.25. The Labute approximate surface area is 104 Å². The van der Waals surface area contributed by atoms with Crippen molar-refractivity contribution in [3.05, 3.63) is 23.9 Å². The first-order valence-corrected chi connectivity index (χ1v) is 5.98. The normalized spacial score (nSPS) is 24.2. The van der Waals surface area contributed by atoms with E-state index in [9.17, 15) is 13.2 Å². The van der Waals surface area contributed by atoms with E-state index < -0.39 is 11.7 Å². The van der Waals surface area contributed by atoms with E-state index in [1.54, 1.807) is 0 Å². The van der Waals surface area contributed by atoms with Gasteiger partial charge in [0.15, 0.2) is 0 Å². The lowest BCUT2D eigenvalue weighted by Gasteiger charge is -2.13. The molecule has 0 amide bonds. The molecule has 3 N–H and O–H groups in total. The zero-order valence-corrected chi connectivity index (χ0v) is 9.87. The number of pyridine rings is 1. The Morgan fingerprint density at radius 2 is 2.17 bits per heavy atom. The van der Waals surface area contributed by atoms with Crippen LogP contribution in [0.5, 0.6) is 0 Å². The smallest absolute Gasteiger partial charge is 0.370 e. The van der Waals surface area contributed by atoms with Crippen molar-refractivity contribution in [2.45, 2.75) is 31.5 Å². The van der Waals surface area contributed by atoms with Crippen LogP contribution >= 0.6 is 0 Å². The van der Waals surface area contributed by atoms with Gasteiger partial charge in [-0.25, -0.2) is 4.98 Å². The van der Waals surface area contributed by atoms with Gasteiger partial charge in [0.1, 0.15) is 5.82 Å². The highest BCUT2D eigenvalue weighted by Crippen LogP contribution is 2.30. The number of rotatable bonds is 3. The van der Waals surface area contributed by atoms with Gasteiger partial charge in [-0.15, -0.1) is 0 Å². The Bertz CT molecular complexity index is 406. The molecule has 18 heavy (non-hydrogen) atoms. The monoisotopic (exact) mass is 259 g/mol. The van der Waals surface area contributed by atoms with Gasteiger partial charge < -0.3 is 11.1 Å². The van der Waals surface area contributed by atoms with E-state index in [1.165, 1.54) is 6.20 Å². The molecule has 1 aliphatic carbocycles. The highest BCUT2D eigenvalue weighted by atomic mass is 19.4. The van der Waals surface area contributed by atoms with Crippen molar-refractivity contribution >= 4 is 5.82 Å². The summed E-state index contributed by atoms with van der Waals surface area (Å²) in [4.78, 5) is 3.89. The van der Waals surface area contributed by atoms with E-state index in [4.69, 9.17) is 5.73 Å². The van der Waals surface area contributed by atoms with Gasteiger partial charge in [0.05, 0.1) is 5.56 Å². The molecule has 0 bridgehead atoms. The van der Waals surface area contributed by atoms with Crippen LogP contribution in [0.3, 0.4) is 0 Å². The van der Waals surface area contributed by atoms with E-state index in [1.807, 2.05) is 0 Å². The van der Waals surface area contributed by atoms with Gasteiger partial charge in [-0.3, -0.25) is 0 Å². The van der Waals surface area contributed by atoms with Crippen molar-refractivity contribution < 1.29 is 13.2 Å². The molecule has 2 rings (SSSR count). The Balaban J connectivity index is 1.93. The number of anilines is 1. The number of hydrogen-bond acceptors (Lipinski definition) is 3. The largest absolute Gasteiger partial charge is 0.416 e. The van der Waals surface area contributed by atoms with Crippen LogP contribution in [-0.2, 0) is 6.18 Å². The molecule has 0 radical (unpaired) electrons.